The van der Waals surface area contributed by atoms with E-state index in [0.29, 0.717) is 5.92 Å². The molecular weight excluding hydrogens is 284 g/mol. The van der Waals surface area contributed by atoms with E-state index in [4.69, 9.17) is 0 Å². The number of hydrogen-bond donors (Lipinski definition) is 1. The molecule has 3 saturated carbocycles. The Bertz CT molecular complexity index is 693. The predicted octanol–water partition coefficient (Wildman–Crippen LogP) is 2.70. The number of sulfonamides is 1. The summed E-state index contributed by atoms with van der Waals surface area (Å²) in [5.74, 6) is 2.97. The van der Waals surface area contributed by atoms with Gasteiger partial charge in [-0.1, -0.05) is 17.7 Å². The first-order valence-corrected chi connectivity index (χ1v) is 9.18. The first-order chi connectivity index (χ1) is 10.0. The van der Waals surface area contributed by atoms with Gasteiger partial charge in [-0.15, -0.1) is 0 Å². The Hall–Kier alpha value is -1.36. The second kappa shape index (κ2) is 4.57. The van der Waals surface area contributed by atoms with Gasteiger partial charge in [0.05, 0.1) is 4.90 Å². The van der Waals surface area contributed by atoms with Gasteiger partial charge in [-0.2, -0.15) is 13.5 Å². The lowest BCUT2D eigenvalue weighted by Crippen LogP contribution is -2.25. The van der Waals surface area contributed by atoms with Crippen molar-refractivity contribution in [3.63, 3.8) is 0 Å². The van der Waals surface area contributed by atoms with Gasteiger partial charge in [-0.3, -0.25) is 0 Å². The summed E-state index contributed by atoms with van der Waals surface area (Å²) >= 11 is 0. The fraction of sp³-hybridized carbons (Fsp3) is 0.562. The molecule has 0 heterocycles. The molecule has 0 radical (unpaired) electrons. The van der Waals surface area contributed by atoms with Gasteiger partial charge in [-0.05, 0) is 62.5 Å². The van der Waals surface area contributed by atoms with Crippen molar-refractivity contribution in [3.8, 4) is 0 Å². The molecule has 3 fully saturated rings. The third kappa shape index (κ3) is 2.09. The molecule has 4 rings (SSSR count). The Labute approximate surface area is 125 Å². The van der Waals surface area contributed by atoms with E-state index in [0.717, 1.165) is 35.4 Å². The van der Waals surface area contributed by atoms with E-state index in [1.165, 1.54) is 19.3 Å². The lowest BCUT2D eigenvalue weighted by molar-refractivity contribution is 0.408. The standard InChI is InChI=1S/C16H20N2O2S/c1-10-2-5-12(6-3-10)21(19,20)18-17-16-9-14-11-4-7-13(14)15(16)8-11/h2-3,5-6,11,13-15,18H,4,7-9H2,1H3. The summed E-state index contributed by atoms with van der Waals surface area (Å²) in [5.41, 5.74) is 2.13. The van der Waals surface area contributed by atoms with Crippen molar-refractivity contribution < 1.29 is 8.42 Å². The SMILES string of the molecule is Cc1ccc(S(=O)(=O)NN=C2CC3C4CCC3C2C4)cc1. The van der Waals surface area contributed by atoms with Crippen molar-refractivity contribution in [2.24, 2.45) is 28.8 Å². The number of nitrogens with zero attached hydrogens (tertiary/aromatic N) is 1. The molecule has 5 heteroatoms. The zero-order valence-corrected chi connectivity index (χ0v) is 12.9. The van der Waals surface area contributed by atoms with E-state index in [1.54, 1.807) is 24.3 Å². The first kappa shape index (κ1) is 13.3. The minimum atomic E-state index is -3.53. The maximum absolute atomic E-state index is 12.2. The highest BCUT2D eigenvalue weighted by Gasteiger charge is 2.55. The molecule has 0 amide bonds. The molecule has 3 aliphatic carbocycles. The molecule has 1 aromatic carbocycles. The van der Waals surface area contributed by atoms with Crippen LogP contribution in [0.15, 0.2) is 34.3 Å². The largest absolute Gasteiger partial charge is 0.276 e. The van der Waals surface area contributed by atoms with E-state index in [1.807, 2.05) is 6.92 Å². The maximum Gasteiger partial charge on any atom is 0.276 e. The molecule has 112 valence electrons. The molecule has 4 atom stereocenters. The van der Waals surface area contributed by atoms with Crippen molar-refractivity contribution in [2.75, 3.05) is 0 Å². The van der Waals surface area contributed by atoms with E-state index in [-0.39, 0.29) is 4.90 Å². The van der Waals surface area contributed by atoms with Crippen LogP contribution in [0.4, 0.5) is 0 Å². The van der Waals surface area contributed by atoms with E-state index in [2.05, 4.69) is 9.93 Å². The number of nitrogens with one attached hydrogen (secondary N) is 1. The van der Waals surface area contributed by atoms with Crippen molar-refractivity contribution in [3.05, 3.63) is 29.8 Å². The third-order valence-electron chi connectivity index (χ3n) is 5.61. The second-order valence-corrected chi connectivity index (χ2v) is 8.38. The number of hydrazone groups is 1. The van der Waals surface area contributed by atoms with Gasteiger partial charge in [0.25, 0.3) is 10.0 Å². The third-order valence-corrected chi connectivity index (χ3v) is 6.84. The molecule has 0 aliphatic heterocycles. The smallest absolute Gasteiger partial charge is 0.200 e. The van der Waals surface area contributed by atoms with Crippen LogP contribution in [0.3, 0.4) is 0 Å². The molecule has 1 N–H and O–H groups in total. The molecule has 1 aromatic rings. The Morgan fingerprint density at radius 3 is 2.57 bits per heavy atom. The first-order valence-electron chi connectivity index (χ1n) is 7.69. The van der Waals surface area contributed by atoms with Crippen LogP contribution in [-0.2, 0) is 10.0 Å². The van der Waals surface area contributed by atoms with Crippen LogP contribution < -0.4 is 4.83 Å². The van der Waals surface area contributed by atoms with Gasteiger partial charge in [0.15, 0.2) is 0 Å². The van der Waals surface area contributed by atoms with E-state index in [9.17, 15) is 8.42 Å². The van der Waals surface area contributed by atoms with Gasteiger partial charge >= 0.3 is 0 Å². The normalized spacial score (nSPS) is 35.6. The second-order valence-electron chi connectivity index (χ2n) is 6.72. The van der Waals surface area contributed by atoms with Crippen LogP contribution in [0.2, 0.25) is 0 Å². The summed E-state index contributed by atoms with van der Waals surface area (Å²) in [6.45, 7) is 1.94. The lowest BCUT2D eigenvalue weighted by atomic mass is 9.84. The minimum Gasteiger partial charge on any atom is -0.200 e. The number of rotatable bonds is 3. The molecule has 4 unspecified atom stereocenters. The van der Waals surface area contributed by atoms with Crippen LogP contribution in [0.25, 0.3) is 0 Å². The van der Waals surface area contributed by atoms with Crippen molar-refractivity contribution in [1.29, 1.82) is 0 Å². The molecule has 4 bridgehead atoms. The maximum atomic E-state index is 12.2. The van der Waals surface area contributed by atoms with Gasteiger partial charge in [0, 0.05) is 11.6 Å². The Balaban J connectivity index is 1.52. The average Bonchev–Trinajstić information content (AvgIpc) is 3.12. The number of benzene rings is 1. The monoisotopic (exact) mass is 304 g/mol. The van der Waals surface area contributed by atoms with Gasteiger partial charge in [0.1, 0.15) is 0 Å². The minimum absolute atomic E-state index is 0.280. The van der Waals surface area contributed by atoms with Gasteiger partial charge in [-0.25, -0.2) is 4.83 Å². The zero-order valence-electron chi connectivity index (χ0n) is 12.1. The summed E-state index contributed by atoms with van der Waals surface area (Å²) in [6.07, 6.45) is 4.90. The Morgan fingerprint density at radius 2 is 1.90 bits per heavy atom. The summed E-state index contributed by atoms with van der Waals surface area (Å²) in [4.78, 5) is 2.72. The highest BCUT2D eigenvalue weighted by Crippen LogP contribution is 2.59. The van der Waals surface area contributed by atoms with Crippen LogP contribution in [-0.4, -0.2) is 14.1 Å². The predicted molar refractivity (Wildman–Crippen MR) is 81.4 cm³/mol. The molecule has 0 spiro atoms. The molecular formula is C16H20N2O2S. The molecule has 21 heavy (non-hydrogen) atoms. The van der Waals surface area contributed by atoms with Crippen molar-refractivity contribution in [2.45, 2.75) is 37.5 Å². The fourth-order valence-corrected chi connectivity index (χ4v) is 5.43. The summed E-state index contributed by atoms with van der Waals surface area (Å²) in [7, 11) is -3.53. The van der Waals surface area contributed by atoms with E-state index >= 15 is 0 Å². The van der Waals surface area contributed by atoms with Crippen LogP contribution in [0.5, 0.6) is 0 Å². The lowest BCUT2D eigenvalue weighted by Gasteiger charge is -2.22. The topological polar surface area (TPSA) is 58.5 Å². The number of hydrogen-bond acceptors (Lipinski definition) is 3. The highest BCUT2D eigenvalue weighted by molar-refractivity contribution is 7.89. The Morgan fingerprint density at radius 1 is 1.14 bits per heavy atom. The zero-order chi connectivity index (χ0) is 14.6. The molecule has 0 aromatic heterocycles. The summed E-state index contributed by atoms with van der Waals surface area (Å²) in [5, 5.41) is 4.27. The number of aryl methyl sites for hydroxylation is 1. The van der Waals surface area contributed by atoms with Crippen molar-refractivity contribution in [1.82, 2.24) is 4.83 Å². The summed E-state index contributed by atoms with van der Waals surface area (Å²) in [6, 6.07) is 6.86. The van der Waals surface area contributed by atoms with Crippen LogP contribution in [0, 0.1) is 30.6 Å². The quantitative estimate of drug-likeness (QED) is 0.873. The average molecular weight is 304 g/mol. The molecule has 3 aliphatic rings. The fourth-order valence-electron chi connectivity index (χ4n) is 4.59. The van der Waals surface area contributed by atoms with Gasteiger partial charge < -0.3 is 0 Å². The van der Waals surface area contributed by atoms with E-state index < -0.39 is 10.0 Å². The highest BCUT2D eigenvalue weighted by atomic mass is 32.2. The Kier molecular flexibility index (Phi) is 2.89. The van der Waals surface area contributed by atoms with Crippen molar-refractivity contribution >= 4 is 15.7 Å². The molecule has 0 saturated heterocycles. The molecule has 4 nitrogen and oxygen atoms in total. The van der Waals surface area contributed by atoms with Gasteiger partial charge in [0.2, 0.25) is 0 Å². The van der Waals surface area contributed by atoms with Crippen LogP contribution >= 0.6 is 0 Å². The van der Waals surface area contributed by atoms with Crippen LogP contribution in [0.1, 0.15) is 31.2 Å². The summed E-state index contributed by atoms with van der Waals surface area (Å²) < 4.78 is 24.5.